The zero-order valence-electron chi connectivity index (χ0n) is 22.0. The molecule has 0 aliphatic carbocycles. The summed E-state index contributed by atoms with van der Waals surface area (Å²) in [6.45, 7) is -1.07. The minimum Gasteiger partial charge on any atom is -0.454 e. The fourth-order valence-corrected chi connectivity index (χ4v) is 4.82. The number of esters is 2. The maximum absolute atomic E-state index is 13.4. The van der Waals surface area contributed by atoms with Gasteiger partial charge in [-0.3, -0.25) is 19.2 Å². The van der Waals surface area contributed by atoms with Crippen molar-refractivity contribution in [1.82, 2.24) is 0 Å². The van der Waals surface area contributed by atoms with Crippen LogP contribution in [0.2, 0.25) is 0 Å². The van der Waals surface area contributed by atoms with Crippen molar-refractivity contribution < 1.29 is 38.2 Å². The molecule has 1 aliphatic heterocycles. The Labute approximate surface area is 261 Å². The summed E-state index contributed by atoms with van der Waals surface area (Å²) in [7, 11) is 0. The maximum atomic E-state index is 13.4. The van der Waals surface area contributed by atoms with Crippen LogP contribution in [0.1, 0.15) is 62.1 Å². The molecule has 2 amide bonds. The topological polar surface area (TPSA) is 124 Å². The average molecular weight is 705 g/mol. The van der Waals surface area contributed by atoms with E-state index in [9.17, 15) is 28.8 Å². The molecule has 0 radical (unpaired) electrons. The summed E-state index contributed by atoms with van der Waals surface area (Å²) in [6, 6.07) is 22.7. The largest absolute Gasteiger partial charge is 0.454 e. The summed E-state index contributed by atoms with van der Waals surface area (Å²) in [5.41, 5.74) is 0.455. The van der Waals surface area contributed by atoms with Crippen molar-refractivity contribution in [3.05, 3.63) is 133 Å². The van der Waals surface area contributed by atoms with E-state index in [4.69, 9.17) is 9.47 Å². The molecule has 9 nitrogen and oxygen atoms in total. The van der Waals surface area contributed by atoms with Gasteiger partial charge < -0.3 is 9.47 Å². The summed E-state index contributed by atoms with van der Waals surface area (Å²) in [5, 5.41) is 0. The van der Waals surface area contributed by atoms with Gasteiger partial charge in [-0.15, -0.1) is 0 Å². The molecule has 1 aliphatic rings. The van der Waals surface area contributed by atoms with Gasteiger partial charge in [-0.2, -0.15) is 0 Å². The molecule has 11 heteroatoms. The predicted octanol–water partition coefficient (Wildman–Crippen LogP) is 6.09. The van der Waals surface area contributed by atoms with E-state index in [1.54, 1.807) is 48.5 Å². The normalized spacial score (nSPS) is 12.1. The van der Waals surface area contributed by atoms with Gasteiger partial charge in [0, 0.05) is 20.1 Å². The number of anilines is 1. The molecule has 0 bridgehead atoms. The van der Waals surface area contributed by atoms with Crippen molar-refractivity contribution in [3.8, 4) is 0 Å². The fraction of sp³-hybridized carbons (Fsp3) is 0.0625. The van der Waals surface area contributed by atoms with E-state index in [0.717, 1.165) is 13.8 Å². The number of para-hydroxylation sites is 1. The van der Waals surface area contributed by atoms with E-state index >= 15 is 0 Å². The number of imide groups is 1. The Morgan fingerprint density at radius 2 is 1.07 bits per heavy atom. The molecule has 4 aromatic carbocycles. The third-order valence-electron chi connectivity index (χ3n) is 6.49. The smallest absolute Gasteiger partial charge is 0.340 e. The van der Waals surface area contributed by atoms with E-state index in [2.05, 4.69) is 31.9 Å². The highest BCUT2D eigenvalue weighted by Gasteiger charge is 2.39. The second-order valence-electron chi connectivity index (χ2n) is 9.24. The molecule has 0 unspecified atom stereocenters. The number of ether oxygens (including phenoxy) is 2. The van der Waals surface area contributed by atoms with Crippen LogP contribution in [0.3, 0.4) is 0 Å². The molecule has 43 heavy (non-hydrogen) atoms. The molecule has 0 atom stereocenters. The Bertz CT molecular complexity index is 1800. The van der Waals surface area contributed by atoms with Crippen molar-refractivity contribution >= 4 is 72.9 Å². The molecule has 0 saturated carbocycles. The minimum absolute atomic E-state index is 0.0149. The number of amides is 2. The summed E-state index contributed by atoms with van der Waals surface area (Å²) >= 11 is 6.57. The summed E-state index contributed by atoms with van der Waals surface area (Å²) in [5.74, 6) is -4.09. The number of carbonyl (C=O) groups excluding carboxylic acids is 6. The molecule has 0 fully saturated rings. The SMILES string of the molecule is O=C(COC(=O)c1ccc2c(c1)C(=O)N(c1ccccc1C(=O)OCC(=O)c1ccc(Br)cc1)C2=O)c1ccc(Br)cc1. The van der Waals surface area contributed by atoms with Gasteiger partial charge in [-0.1, -0.05) is 68.3 Å². The van der Waals surface area contributed by atoms with E-state index < -0.39 is 48.5 Å². The van der Waals surface area contributed by atoms with Crippen molar-refractivity contribution in [2.24, 2.45) is 0 Å². The van der Waals surface area contributed by atoms with Crippen molar-refractivity contribution in [2.45, 2.75) is 0 Å². The number of hydrogen-bond donors (Lipinski definition) is 0. The van der Waals surface area contributed by atoms with Gasteiger partial charge in [0.2, 0.25) is 0 Å². The maximum Gasteiger partial charge on any atom is 0.340 e. The number of halogens is 2. The first-order valence-electron chi connectivity index (χ1n) is 12.7. The van der Waals surface area contributed by atoms with E-state index in [1.165, 1.54) is 42.5 Å². The molecule has 0 saturated heterocycles. The first-order valence-corrected chi connectivity index (χ1v) is 14.3. The zero-order chi connectivity index (χ0) is 30.7. The molecule has 5 rings (SSSR count). The number of hydrogen-bond acceptors (Lipinski definition) is 8. The Balaban J connectivity index is 1.30. The van der Waals surface area contributed by atoms with Gasteiger partial charge in [0.05, 0.1) is 27.9 Å². The van der Waals surface area contributed by atoms with Crippen LogP contribution in [0.25, 0.3) is 0 Å². The van der Waals surface area contributed by atoms with Gasteiger partial charge in [-0.25, -0.2) is 14.5 Å². The first-order chi connectivity index (χ1) is 20.6. The highest BCUT2D eigenvalue weighted by Crippen LogP contribution is 2.32. The lowest BCUT2D eigenvalue weighted by Crippen LogP contribution is -2.31. The highest BCUT2D eigenvalue weighted by molar-refractivity contribution is 9.10. The lowest BCUT2D eigenvalue weighted by molar-refractivity contribution is 0.0472. The number of rotatable bonds is 9. The van der Waals surface area contributed by atoms with Crippen molar-refractivity contribution in [3.63, 3.8) is 0 Å². The molecular formula is C32H19Br2NO8. The van der Waals surface area contributed by atoms with Crippen molar-refractivity contribution in [1.29, 1.82) is 0 Å². The van der Waals surface area contributed by atoms with Gasteiger partial charge in [0.15, 0.2) is 24.8 Å². The number of carbonyl (C=O) groups is 6. The number of Topliss-reactive ketones (excluding diaryl/α,β-unsaturated/α-hetero) is 2. The molecule has 4 aromatic rings. The molecular weight excluding hydrogens is 686 g/mol. The van der Waals surface area contributed by atoms with Crippen LogP contribution >= 0.6 is 31.9 Å². The quantitative estimate of drug-likeness (QED) is 0.117. The highest BCUT2D eigenvalue weighted by atomic mass is 79.9. The third-order valence-corrected chi connectivity index (χ3v) is 7.55. The Morgan fingerprint density at radius 1 is 0.581 bits per heavy atom. The molecule has 0 aromatic heterocycles. The van der Waals surface area contributed by atoms with Crippen LogP contribution in [-0.2, 0) is 9.47 Å². The Hall–Kier alpha value is -4.74. The summed E-state index contributed by atoms with van der Waals surface area (Å²) < 4.78 is 11.9. The second kappa shape index (κ2) is 12.6. The number of fused-ring (bicyclic) bond motifs is 1. The van der Waals surface area contributed by atoms with Gasteiger partial charge in [0.1, 0.15) is 0 Å². The second-order valence-corrected chi connectivity index (χ2v) is 11.1. The van der Waals surface area contributed by atoms with Crippen LogP contribution in [0, 0.1) is 0 Å². The lowest BCUT2D eigenvalue weighted by Gasteiger charge is -2.17. The van der Waals surface area contributed by atoms with Gasteiger partial charge in [0.25, 0.3) is 11.8 Å². The molecule has 1 heterocycles. The van der Waals surface area contributed by atoms with E-state index in [1.807, 2.05) is 0 Å². The van der Waals surface area contributed by atoms with Crippen LogP contribution in [0.4, 0.5) is 5.69 Å². The van der Waals surface area contributed by atoms with Crippen LogP contribution in [0.5, 0.6) is 0 Å². The van der Waals surface area contributed by atoms with Crippen LogP contribution < -0.4 is 4.90 Å². The summed E-state index contributed by atoms with van der Waals surface area (Å²) in [6.07, 6.45) is 0. The third kappa shape index (κ3) is 6.37. The minimum atomic E-state index is -0.905. The predicted molar refractivity (Wildman–Crippen MR) is 162 cm³/mol. The molecule has 0 N–H and O–H groups in total. The Morgan fingerprint density at radius 3 is 1.65 bits per heavy atom. The number of nitrogens with zero attached hydrogens (tertiary/aromatic N) is 1. The lowest BCUT2D eigenvalue weighted by atomic mass is 10.1. The van der Waals surface area contributed by atoms with E-state index in [0.29, 0.717) is 11.1 Å². The number of ketones is 2. The van der Waals surface area contributed by atoms with Crippen LogP contribution in [-0.4, -0.2) is 48.5 Å². The van der Waals surface area contributed by atoms with E-state index in [-0.39, 0.29) is 27.9 Å². The monoisotopic (exact) mass is 703 g/mol. The van der Waals surface area contributed by atoms with Crippen LogP contribution in [0.15, 0.2) is 99.9 Å². The average Bonchev–Trinajstić information content (AvgIpc) is 3.27. The van der Waals surface area contributed by atoms with Crippen molar-refractivity contribution in [2.75, 3.05) is 18.1 Å². The van der Waals surface area contributed by atoms with Gasteiger partial charge in [-0.05, 0) is 54.6 Å². The van der Waals surface area contributed by atoms with Gasteiger partial charge >= 0.3 is 11.9 Å². The standard InChI is InChI=1S/C32H19Br2NO8/c33-21-10-5-18(6-11-21)27(36)16-42-31(40)20-9-14-23-25(15-20)30(39)35(29(23)38)26-4-2-1-3-24(26)32(41)43-17-28(37)19-7-12-22(34)13-8-19/h1-15H,16-17H2. The summed E-state index contributed by atoms with van der Waals surface area (Å²) in [4.78, 5) is 78.0. The fourth-order valence-electron chi connectivity index (χ4n) is 4.29. The Kier molecular flexibility index (Phi) is 8.74. The zero-order valence-corrected chi connectivity index (χ0v) is 25.2. The number of benzene rings is 4. The molecule has 214 valence electrons. The first kappa shape index (κ1) is 29.7. The molecule has 0 spiro atoms.